The molecule has 1 aliphatic heterocycles. The van der Waals surface area contributed by atoms with E-state index in [9.17, 15) is 13.2 Å². The number of nitrogens with zero attached hydrogens (tertiary/aromatic N) is 1. The van der Waals surface area contributed by atoms with Crippen molar-refractivity contribution in [1.29, 1.82) is 0 Å². The number of carbonyl (C=O) groups excluding carboxylic acids is 1. The summed E-state index contributed by atoms with van der Waals surface area (Å²) in [6, 6.07) is 9.68. The van der Waals surface area contributed by atoms with Gasteiger partial charge in [0, 0.05) is 11.6 Å². The van der Waals surface area contributed by atoms with Gasteiger partial charge in [0.1, 0.15) is 0 Å². The second-order valence-electron chi connectivity index (χ2n) is 6.99. The molecule has 1 aliphatic carbocycles. The summed E-state index contributed by atoms with van der Waals surface area (Å²) in [6.45, 7) is 1.86. The highest BCUT2D eigenvalue weighted by Gasteiger charge is 2.28. The molecule has 1 saturated heterocycles. The molecule has 2 N–H and O–H groups in total. The molecule has 1 heterocycles. The van der Waals surface area contributed by atoms with E-state index in [-0.39, 0.29) is 17.5 Å². The van der Waals surface area contributed by atoms with Gasteiger partial charge < -0.3 is 5.32 Å². The smallest absolute Gasteiger partial charge is 0.333 e. The van der Waals surface area contributed by atoms with Crippen molar-refractivity contribution in [3.8, 4) is 0 Å². The van der Waals surface area contributed by atoms with Crippen molar-refractivity contribution >= 4 is 32.4 Å². The van der Waals surface area contributed by atoms with E-state index in [4.69, 9.17) is 0 Å². The monoisotopic (exact) mass is 371 g/mol. The second-order valence-corrected chi connectivity index (χ2v) is 9.22. The highest BCUT2D eigenvalue weighted by Crippen LogP contribution is 2.32. The first kappa shape index (κ1) is 17.0. The summed E-state index contributed by atoms with van der Waals surface area (Å²) in [7, 11) is -3.02. The summed E-state index contributed by atoms with van der Waals surface area (Å²) in [5.74, 6) is 0.124. The first-order valence-corrected chi connectivity index (χ1v) is 10.6. The molecule has 2 aromatic rings. The van der Waals surface area contributed by atoms with Gasteiger partial charge in [0.05, 0.1) is 17.2 Å². The molecule has 0 aromatic heterocycles. The predicted octanol–water partition coefficient (Wildman–Crippen LogP) is 2.15. The van der Waals surface area contributed by atoms with Gasteiger partial charge in [-0.25, -0.2) is 18.6 Å². The minimum atomic E-state index is -3.02. The first-order chi connectivity index (χ1) is 12.4. The van der Waals surface area contributed by atoms with Crippen molar-refractivity contribution in [2.75, 3.05) is 11.5 Å². The van der Waals surface area contributed by atoms with Crippen LogP contribution in [0.4, 0.5) is 4.79 Å². The topological polar surface area (TPSA) is 87.6 Å². The largest absolute Gasteiger partial charge is 0.335 e. The van der Waals surface area contributed by atoms with Crippen molar-refractivity contribution < 1.29 is 13.2 Å². The van der Waals surface area contributed by atoms with Crippen LogP contribution in [0.2, 0.25) is 0 Å². The Morgan fingerprint density at radius 2 is 1.92 bits per heavy atom. The molecular formula is C19H21N3O3S. The van der Waals surface area contributed by atoms with Crippen LogP contribution in [0, 0.1) is 0 Å². The lowest BCUT2D eigenvalue weighted by Gasteiger charge is -2.11. The van der Waals surface area contributed by atoms with E-state index < -0.39 is 15.9 Å². The second kappa shape index (κ2) is 6.39. The van der Waals surface area contributed by atoms with E-state index in [0.29, 0.717) is 6.42 Å². The number of hydrogen-bond acceptors (Lipinski definition) is 4. The SMILES string of the molecule is CC(=NNC(=O)N[C@@H]1CCS(=O)(=O)C1)c1ccc2c3c(cccc13)CC2. The van der Waals surface area contributed by atoms with Gasteiger partial charge in [-0.1, -0.05) is 30.3 Å². The number of amides is 2. The van der Waals surface area contributed by atoms with Crippen molar-refractivity contribution in [3.05, 3.63) is 47.0 Å². The maximum absolute atomic E-state index is 12.0. The van der Waals surface area contributed by atoms with Gasteiger partial charge in [0.2, 0.25) is 0 Å². The molecule has 0 radical (unpaired) electrons. The summed E-state index contributed by atoms with van der Waals surface area (Å²) in [5.41, 5.74) is 6.92. The number of sulfone groups is 1. The van der Waals surface area contributed by atoms with Gasteiger partial charge in [-0.05, 0) is 48.1 Å². The fourth-order valence-electron chi connectivity index (χ4n) is 3.88. The van der Waals surface area contributed by atoms with Crippen LogP contribution < -0.4 is 10.7 Å². The normalized spacial score (nSPS) is 21.1. The number of nitrogens with one attached hydrogen (secondary N) is 2. The summed E-state index contributed by atoms with van der Waals surface area (Å²) < 4.78 is 22.9. The number of carbonyl (C=O) groups is 1. The van der Waals surface area contributed by atoms with E-state index in [1.807, 2.05) is 6.92 Å². The molecule has 0 spiro atoms. The zero-order valence-corrected chi connectivity index (χ0v) is 15.4. The van der Waals surface area contributed by atoms with Crippen LogP contribution in [0.15, 0.2) is 35.4 Å². The van der Waals surface area contributed by atoms with Crippen LogP contribution in [0.5, 0.6) is 0 Å². The van der Waals surface area contributed by atoms with Crippen molar-refractivity contribution in [2.24, 2.45) is 5.10 Å². The molecule has 4 rings (SSSR count). The van der Waals surface area contributed by atoms with Gasteiger partial charge in [-0.3, -0.25) is 0 Å². The standard InChI is InChI=1S/C19H21N3O3S/c1-12(21-22-19(23)20-15-9-10-26(24,25)11-15)16-8-7-14-6-5-13-3-2-4-17(16)18(13)14/h2-4,7-8,15H,5-6,9-11H2,1H3,(H2,20,22,23)/t15-/m1/s1. The minimum absolute atomic E-state index is 0.00199. The van der Waals surface area contributed by atoms with Crippen molar-refractivity contribution in [2.45, 2.75) is 32.2 Å². The zero-order valence-electron chi connectivity index (χ0n) is 14.6. The van der Waals surface area contributed by atoms with E-state index in [1.54, 1.807) is 0 Å². The van der Waals surface area contributed by atoms with Gasteiger partial charge >= 0.3 is 6.03 Å². The molecule has 7 heteroatoms. The molecule has 26 heavy (non-hydrogen) atoms. The van der Waals surface area contributed by atoms with Gasteiger partial charge in [0.25, 0.3) is 0 Å². The lowest BCUT2D eigenvalue weighted by atomic mass is 9.98. The average Bonchev–Trinajstić information content (AvgIpc) is 3.17. The molecule has 0 saturated carbocycles. The Labute approximate surface area is 152 Å². The number of hydrazone groups is 1. The molecular weight excluding hydrogens is 350 g/mol. The Balaban J connectivity index is 1.51. The highest BCUT2D eigenvalue weighted by molar-refractivity contribution is 7.91. The van der Waals surface area contributed by atoms with Gasteiger partial charge in [0.15, 0.2) is 9.84 Å². The number of rotatable bonds is 3. The fourth-order valence-corrected chi connectivity index (χ4v) is 5.56. The fraction of sp³-hybridized carbons (Fsp3) is 0.368. The van der Waals surface area contributed by atoms with E-state index in [1.165, 1.54) is 16.5 Å². The van der Waals surface area contributed by atoms with E-state index >= 15 is 0 Å². The van der Waals surface area contributed by atoms with Crippen LogP contribution in [-0.2, 0) is 22.7 Å². The molecule has 2 aliphatic rings. The quantitative estimate of drug-likeness (QED) is 0.640. The number of hydrogen-bond donors (Lipinski definition) is 2. The predicted molar refractivity (Wildman–Crippen MR) is 102 cm³/mol. The molecule has 136 valence electrons. The van der Waals surface area contributed by atoms with Crippen LogP contribution in [-0.4, -0.2) is 37.7 Å². The number of urea groups is 1. The Kier molecular flexibility index (Phi) is 4.19. The molecule has 0 bridgehead atoms. The summed E-state index contributed by atoms with van der Waals surface area (Å²) >= 11 is 0. The highest BCUT2D eigenvalue weighted by atomic mass is 32.2. The minimum Gasteiger partial charge on any atom is -0.333 e. The van der Waals surface area contributed by atoms with Crippen LogP contribution in [0.3, 0.4) is 0 Å². The molecule has 1 fully saturated rings. The average molecular weight is 371 g/mol. The lowest BCUT2D eigenvalue weighted by molar-refractivity contribution is 0.238. The maximum Gasteiger partial charge on any atom is 0.335 e. The maximum atomic E-state index is 12.0. The van der Waals surface area contributed by atoms with Gasteiger partial charge in [-0.2, -0.15) is 5.10 Å². The number of aryl methyl sites for hydroxylation is 2. The Morgan fingerprint density at radius 3 is 2.65 bits per heavy atom. The third-order valence-electron chi connectivity index (χ3n) is 5.16. The van der Waals surface area contributed by atoms with Crippen molar-refractivity contribution in [1.82, 2.24) is 10.7 Å². The third kappa shape index (κ3) is 3.19. The van der Waals surface area contributed by atoms with E-state index in [2.05, 4.69) is 46.2 Å². The van der Waals surface area contributed by atoms with Crippen molar-refractivity contribution in [3.63, 3.8) is 0 Å². The molecule has 6 nitrogen and oxygen atoms in total. The third-order valence-corrected chi connectivity index (χ3v) is 6.93. The number of benzene rings is 2. The van der Waals surface area contributed by atoms with Crippen LogP contribution >= 0.6 is 0 Å². The molecule has 2 amide bonds. The summed E-state index contributed by atoms with van der Waals surface area (Å²) in [4.78, 5) is 12.0. The summed E-state index contributed by atoms with van der Waals surface area (Å²) in [6.07, 6.45) is 2.59. The Bertz CT molecular complexity index is 1020. The van der Waals surface area contributed by atoms with E-state index in [0.717, 1.165) is 29.5 Å². The lowest BCUT2D eigenvalue weighted by Crippen LogP contribution is -2.41. The Hall–Kier alpha value is -2.41. The summed E-state index contributed by atoms with van der Waals surface area (Å²) in [5, 5.41) is 9.34. The Morgan fingerprint density at radius 1 is 1.15 bits per heavy atom. The zero-order chi connectivity index (χ0) is 18.3. The molecule has 1 atom stereocenters. The molecule has 0 unspecified atom stereocenters. The van der Waals surface area contributed by atoms with Crippen LogP contribution in [0.25, 0.3) is 10.8 Å². The van der Waals surface area contributed by atoms with Crippen LogP contribution in [0.1, 0.15) is 30.0 Å². The van der Waals surface area contributed by atoms with Gasteiger partial charge in [-0.15, -0.1) is 0 Å². The first-order valence-electron chi connectivity index (χ1n) is 8.78. The molecule has 2 aromatic carbocycles.